The van der Waals surface area contributed by atoms with E-state index in [0.29, 0.717) is 12.2 Å². The summed E-state index contributed by atoms with van der Waals surface area (Å²) >= 11 is 1.50. The van der Waals surface area contributed by atoms with Gasteiger partial charge in [-0.15, -0.1) is 0 Å². The van der Waals surface area contributed by atoms with Gasteiger partial charge in [-0.25, -0.2) is 9.78 Å². The van der Waals surface area contributed by atoms with Gasteiger partial charge in [0.25, 0.3) is 5.91 Å². The van der Waals surface area contributed by atoms with E-state index in [2.05, 4.69) is 34.6 Å². The van der Waals surface area contributed by atoms with Gasteiger partial charge in [-0.1, -0.05) is 54.6 Å². The van der Waals surface area contributed by atoms with Crippen molar-refractivity contribution < 1.29 is 28.6 Å². The van der Waals surface area contributed by atoms with Crippen LogP contribution < -0.4 is 14.8 Å². The summed E-state index contributed by atoms with van der Waals surface area (Å²) in [6.07, 6.45) is 5.49. The maximum atomic E-state index is 13.3. The van der Waals surface area contributed by atoms with Crippen molar-refractivity contribution in [2.45, 2.75) is 50.7 Å². The number of pyridine rings is 1. The molecule has 0 spiro atoms. The first-order valence-corrected chi connectivity index (χ1v) is 14.7. The van der Waals surface area contributed by atoms with Gasteiger partial charge in [0.15, 0.2) is 11.4 Å². The summed E-state index contributed by atoms with van der Waals surface area (Å²) in [5.41, 5.74) is 3.32. The Hall–Kier alpha value is -3.85. The number of esters is 2. The zero-order chi connectivity index (χ0) is 28.5. The highest BCUT2D eigenvalue weighted by atomic mass is 32.2. The third-order valence-electron chi connectivity index (χ3n) is 6.85. The molecule has 0 saturated heterocycles. The van der Waals surface area contributed by atoms with Crippen LogP contribution in [0, 0.1) is 0 Å². The second-order valence-electron chi connectivity index (χ2n) is 9.56. The molecule has 3 atom stereocenters. The number of fused-ring (bicyclic) bond motifs is 1. The average molecular weight is 563 g/mol. The maximum Gasteiger partial charge on any atom is 0.328 e. The highest BCUT2D eigenvalue weighted by molar-refractivity contribution is 7.98. The SMILES string of the molecule is COc1ccnc(C(=O)N[C@@H](C)C(=O)OC2CCCc3ccccc3C2c2ccccc2)c1OC(=O)CCSC. The van der Waals surface area contributed by atoms with Crippen LogP contribution in [0.4, 0.5) is 0 Å². The first-order valence-electron chi connectivity index (χ1n) is 13.3. The van der Waals surface area contributed by atoms with E-state index in [0.717, 1.165) is 24.0 Å². The number of aryl methyl sites for hydroxylation is 1. The van der Waals surface area contributed by atoms with Crippen LogP contribution in [0.25, 0.3) is 0 Å². The third kappa shape index (κ3) is 7.01. The summed E-state index contributed by atoms with van der Waals surface area (Å²) in [7, 11) is 1.41. The standard InChI is InChI=1S/C31H34N2O6S/c1-20(33-30(35)28-29(25(37-2)16-18-32-28)39-26(34)17-19-40-3)31(36)38-24-15-9-13-21-10-7-8-14-23(21)27(24)22-11-5-4-6-12-22/h4-8,10-12,14,16,18,20,24,27H,9,13,15,17,19H2,1-3H3,(H,33,35)/t20-,24?,27?/m0/s1. The summed E-state index contributed by atoms with van der Waals surface area (Å²) in [6.45, 7) is 1.56. The molecular formula is C31H34N2O6S. The number of thioether (sulfide) groups is 1. The molecule has 2 unspecified atom stereocenters. The molecule has 1 heterocycles. The molecule has 210 valence electrons. The quantitative estimate of drug-likeness (QED) is 0.274. The van der Waals surface area contributed by atoms with E-state index < -0.39 is 30.0 Å². The number of hydrogen-bond acceptors (Lipinski definition) is 8. The highest BCUT2D eigenvalue weighted by Gasteiger charge is 2.33. The van der Waals surface area contributed by atoms with Crippen LogP contribution in [0.15, 0.2) is 66.9 Å². The van der Waals surface area contributed by atoms with Crippen molar-refractivity contribution in [3.8, 4) is 11.5 Å². The molecule has 0 bridgehead atoms. The molecule has 4 rings (SSSR count). The monoisotopic (exact) mass is 562 g/mol. The summed E-state index contributed by atoms with van der Waals surface area (Å²) < 4.78 is 16.8. The van der Waals surface area contributed by atoms with Crippen molar-refractivity contribution in [3.63, 3.8) is 0 Å². The fourth-order valence-electron chi connectivity index (χ4n) is 4.88. The predicted molar refractivity (Wildman–Crippen MR) is 154 cm³/mol. The second-order valence-corrected chi connectivity index (χ2v) is 10.5. The molecule has 2 aromatic carbocycles. The van der Waals surface area contributed by atoms with Crippen LogP contribution in [0.5, 0.6) is 11.5 Å². The first-order chi connectivity index (χ1) is 19.4. The number of carbonyl (C=O) groups is 3. The fraction of sp³-hybridized carbons (Fsp3) is 0.355. The summed E-state index contributed by atoms with van der Waals surface area (Å²) in [5.74, 6) is -1.19. The number of rotatable bonds is 10. The number of benzene rings is 2. The van der Waals surface area contributed by atoms with Crippen LogP contribution in [-0.4, -0.2) is 54.1 Å². The Kier molecular flexibility index (Phi) is 10.2. The lowest BCUT2D eigenvalue weighted by Gasteiger charge is -2.28. The van der Waals surface area contributed by atoms with Crippen molar-refractivity contribution in [2.75, 3.05) is 19.1 Å². The molecule has 1 aliphatic carbocycles. The minimum atomic E-state index is -0.976. The molecule has 0 aliphatic heterocycles. The number of carbonyl (C=O) groups excluding carboxylic acids is 3. The lowest BCUT2D eigenvalue weighted by Crippen LogP contribution is -2.42. The van der Waals surface area contributed by atoms with Crippen molar-refractivity contribution in [1.82, 2.24) is 10.3 Å². The Morgan fingerprint density at radius 1 is 1.07 bits per heavy atom. The molecule has 1 N–H and O–H groups in total. The van der Waals surface area contributed by atoms with Crippen LogP contribution in [0.1, 0.15) is 59.3 Å². The number of nitrogens with one attached hydrogen (secondary N) is 1. The number of methoxy groups -OCH3 is 1. The molecule has 3 aromatic rings. The third-order valence-corrected chi connectivity index (χ3v) is 7.47. The topological polar surface area (TPSA) is 104 Å². The predicted octanol–water partition coefficient (Wildman–Crippen LogP) is 4.95. The van der Waals surface area contributed by atoms with E-state index in [4.69, 9.17) is 14.2 Å². The Morgan fingerprint density at radius 3 is 2.58 bits per heavy atom. The van der Waals surface area contributed by atoms with Crippen molar-refractivity contribution in [3.05, 3.63) is 89.2 Å². The van der Waals surface area contributed by atoms with Crippen molar-refractivity contribution in [1.29, 1.82) is 0 Å². The molecular weight excluding hydrogens is 528 g/mol. The van der Waals surface area contributed by atoms with E-state index in [-0.39, 0.29) is 29.5 Å². The number of amides is 1. The van der Waals surface area contributed by atoms with Gasteiger partial charge in [0.1, 0.15) is 12.1 Å². The molecule has 8 nitrogen and oxygen atoms in total. The molecule has 9 heteroatoms. The van der Waals surface area contributed by atoms with Crippen LogP contribution >= 0.6 is 11.8 Å². The zero-order valence-electron chi connectivity index (χ0n) is 22.9. The highest BCUT2D eigenvalue weighted by Crippen LogP contribution is 2.37. The van der Waals surface area contributed by atoms with E-state index in [1.54, 1.807) is 6.92 Å². The molecule has 0 radical (unpaired) electrons. The Bertz CT molecular complexity index is 1330. The lowest BCUT2D eigenvalue weighted by atomic mass is 9.84. The number of hydrogen-bond donors (Lipinski definition) is 1. The zero-order valence-corrected chi connectivity index (χ0v) is 23.7. The van der Waals surface area contributed by atoms with E-state index in [1.165, 1.54) is 36.7 Å². The number of aromatic nitrogens is 1. The van der Waals surface area contributed by atoms with Gasteiger partial charge in [-0.3, -0.25) is 9.59 Å². The average Bonchev–Trinajstić information content (AvgIpc) is 3.15. The minimum absolute atomic E-state index is 0.0845. The molecule has 0 saturated carbocycles. The molecule has 1 aromatic heterocycles. The molecule has 1 aliphatic rings. The summed E-state index contributed by atoms with van der Waals surface area (Å²) in [6, 6.07) is 18.8. The van der Waals surface area contributed by atoms with Gasteiger partial charge >= 0.3 is 11.9 Å². The fourth-order valence-corrected chi connectivity index (χ4v) is 5.26. The van der Waals surface area contributed by atoms with Gasteiger partial charge in [0.2, 0.25) is 5.75 Å². The number of nitrogens with zero attached hydrogens (tertiary/aromatic N) is 1. The first kappa shape index (κ1) is 29.1. The second kappa shape index (κ2) is 14.0. The minimum Gasteiger partial charge on any atom is -0.493 e. The number of ether oxygens (including phenoxy) is 3. The van der Waals surface area contributed by atoms with Gasteiger partial charge in [-0.05, 0) is 49.1 Å². The molecule has 40 heavy (non-hydrogen) atoms. The van der Waals surface area contributed by atoms with Gasteiger partial charge < -0.3 is 19.5 Å². The van der Waals surface area contributed by atoms with E-state index >= 15 is 0 Å². The van der Waals surface area contributed by atoms with E-state index in [9.17, 15) is 14.4 Å². The molecule has 0 fully saturated rings. The van der Waals surface area contributed by atoms with Gasteiger partial charge in [-0.2, -0.15) is 11.8 Å². The van der Waals surface area contributed by atoms with Gasteiger partial charge in [0, 0.05) is 23.9 Å². The van der Waals surface area contributed by atoms with Crippen LogP contribution in [0.2, 0.25) is 0 Å². The van der Waals surface area contributed by atoms with Crippen molar-refractivity contribution >= 4 is 29.6 Å². The normalized spacial score (nSPS) is 17.1. The summed E-state index contributed by atoms with van der Waals surface area (Å²) in [4.78, 5) is 42.9. The summed E-state index contributed by atoms with van der Waals surface area (Å²) in [5, 5.41) is 2.66. The molecule has 1 amide bonds. The lowest BCUT2D eigenvalue weighted by molar-refractivity contribution is -0.152. The Balaban J connectivity index is 1.51. The maximum absolute atomic E-state index is 13.3. The van der Waals surface area contributed by atoms with Gasteiger partial charge in [0.05, 0.1) is 13.5 Å². The van der Waals surface area contributed by atoms with E-state index in [1.807, 2.05) is 36.6 Å². The smallest absolute Gasteiger partial charge is 0.328 e. The van der Waals surface area contributed by atoms with Crippen LogP contribution in [-0.2, 0) is 20.7 Å². The Labute approximate surface area is 238 Å². The Morgan fingerprint density at radius 2 is 1.82 bits per heavy atom. The van der Waals surface area contributed by atoms with Crippen molar-refractivity contribution in [2.24, 2.45) is 0 Å². The van der Waals surface area contributed by atoms with Crippen LogP contribution in [0.3, 0.4) is 0 Å². The largest absolute Gasteiger partial charge is 0.493 e.